The first-order chi connectivity index (χ1) is 16.8. The van der Waals surface area contributed by atoms with Crippen molar-refractivity contribution < 1.29 is 0 Å². The molecule has 0 saturated heterocycles. The Hall–Kier alpha value is -3.88. The van der Waals surface area contributed by atoms with Gasteiger partial charge in [0.05, 0.1) is 11.4 Å². The van der Waals surface area contributed by atoms with Crippen LogP contribution < -0.4 is 10.6 Å². The van der Waals surface area contributed by atoms with Crippen LogP contribution in [0.5, 0.6) is 0 Å². The molecule has 6 nitrogen and oxygen atoms in total. The Morgan fingerprint density at radius 3 is 1.44 bits per heavy atom. The molecule has 4 aliphatic rings. The van der Waals surface area contributed by atoms with Crippen LogP contribution in [0.2, 0.25) is 0 Å². The highest BCUT2D eigenvalue weighted by Crippen LogP contribution is 2.42. The van der Waals surface area contributed by atoms with E-state index in [1.165, 1.54) is 0 Å². The van der Waals surface area contributed by atoms with Crippen LogP contribution in [-0.2, 0) is 0 Å². The first-order valence-corrected chi connectivity index (χ1v) is 12.3. The van der Waals surface area contributed by atoms with E-state index < -0.39 is 0 Å². The van der Waals surface area contributed by atoms with E-state index in [1.807, 2.05) is 110 Å². The van der Waals surface area contributed by atoms with Crippen molar-refractivity contribution in [1.82, 2.24) is 8.61 Å². The number of rotatable bonds is 5. The van der Waals surface area contributed by atoms with Gasteiger partial charge >= 0.3 is 0 Å². The minimum absolute atomic E-state index is 0.859. The Kier molecular flexibility index (Phi) is 5.58. The molecule has 0 saturated carbocycles. The second-order valence-electron chi connectivity index (χ2n) is 7.52. The van der Waals surface area contributed by atoms with Gasteiger partial charge in [-0.05, 0) is 48.6 Å². The van der Waals surface area contributed by atoms with Crippen molar-refractivity contribution >= 4 is 46.9 Å². The number of nitrogens with zero attached hydrogens (tertiary/aromatic N) is 4. The van der Waals surface area contributed by atoms with E-state index in [0.29, 0.717) is 0 Å². The van der Waals surface area contributed by atoms with Crippen LogP contribution in [0.4, 0.5) is 11.4 Å². The van der Waals surface area contributed by atoms with Crippen molar-refractivity contribution in [1.29, 1.82) is 0 Å². The van der Waals surface area contributed by atoms with Crippen molar-refractivity contribution in [3.05, 3.63) is 131 Å². The molecule has 2 N–H and O–H groups in total. The summed E-state index contributed by atoms with van der Waals surface area (Å²) in [5, 5.41) is 8.98. The van der Waals surface area contributed by atoms with Gasteiger partial charge in [0.2, 0.25) is 0 Å². The minimum atomic E-state index is 0.859. The van der Waals surface area contributed by atoms with Gasteiger partial charge in [-0.15, -0.1) is 0 Å². The normalized spacial score (nSPS) is 20.6. The van der Waals surface area contributed by atoms with Gasteiger partial charge in [0.25, 0.3) is 0 Å². The molecule has 0 aliphatic carbocycles. The molecular weight excluding hydrogens is 460 g/mol. The lowest BCUT2D eigenvalue weighted by Crippen LogP contribution is -2.14. The summed E-state index contributed by atoms with van der Waals surface area (Å²) in [5.74, 6) is 1.79. The number of benzene rings is 2. The Labute approximate surface area is 206 Å². The van der Waals surface area contributed by atoms with Crippen LogP contribution >= 0.6 is 23.9 Å². The summed E-state index contributed by atoms with van der Waals surface area (Å²) in [4.78, 5) is 9.88. The zero-order chi connectivity index (χ0) is 22.7. The summed E-state index contributed by atoms with van der Waals surface area (Å²) in [5.41, 5.74) is 3.68. The lowest BCUT2D eigenvalue weighted by Gasteiger charge is -2.20. The molecule has 0 unspecified atom stereocenters. The lowest BCUT2D eigenvalue weighted by atomic mass is 10.2. The number of para-hydroxylation sites is 2. The van der Waals surface area contributed by atoms with E-state index in [9.17, 15) is 0 Å². The average molecular weight is 481 g/mol. The number of fused-ring (bicyclic) bond motifs is 2. The summed E-state index contributed by atoms with van der Waals surface area (Å²) >= 11 is 3.16. The summed E-state index contributed by atoms with van der Waals surface area (Å²) in [6.07, 6.45) is 16.1. The molecule has 0 amide bonds. The molecule has 4 heterocycles. The lowest BCUT2D eigenvalue weighted by molar-refractivity contribution is 0.947. The maximum absolute atomic E-state index is 4.94. The predicted octanol–water partition coefficient (Wildman–Crippen LogP) is 6.44. The average Bonchev–Trinajstić information content (AvgIpc) is 3.51. The fraction of sp³-hybridized carbons (Fsp3) is 0. The molecule has 2 aromatic carbocycles. The molecule has 0 radical (unpaired) electrons. The van der Waals surface area contributed by atoms with Gasteiger partial charge in [-0.1, -0.05) is 48.6 Å². The molecular formula is C26H20N6S2. The smallest absolute Gasteiger partial charge is 0.145 e. The van der Waals surface area contributed by atoms with Crippen LogP contribution in [-0.4, -0.2) is 20.3 Å². The van der Waals surface area contributed by atoms with E-state index in [4.69, 9.17) is 9.98 Å². The molecule has 34 heavy (non-hydrogen) atoms. The van der Waals surface area contributed by atoms with Gasteiger partial charge in [-0.25, -0.2) is 9.98 Å². The van der Waals surface area contributed by atoms with Gasteiger partial charge in [-0.2, -0.15) is 0 Å². The van der Waals surface area contributed by atoms with Crippen molar-refractivity contribution in [2.75, 3.05) is 10.6 Å². The minimum Gasteiger partial charge on any atom is -0.351 e. The third-order valence-electron chi connectivity index (χ3n) is 5.17. The van der Waals surface area contributed by atoms with E-state index in [-0.39, 0.29) is 0 Å². The predicted molar refractivity (Wildman–Crippen MR) is 144 cm³/mol. The highest BCUT2D eigenvalue weighted by molar-refractivity contribution is 8.02. The summed E-state index contributed by atoms with van der Waals surface area (Å²) in [7, 11) is 0. The fourth-order valence-electron chi connectivity index (χ4n) is 3.58. The largest absolute Gasteiger partial charge is 0.351 e. The zero-order valence-electron chi connectivity index (χ0n) is 18.0. The molecule has 4 aliphatic heterocycles. The maximum Gasteiger partial charge on any atom is 0.145 e. The van der Waals surface area contributed by atoms with E-state index >= 15 is 0 Å². The van der Waals surface area contributed by atoms with Crippen molar-refractivity contribution in [2.45, 2.75) is 0 Å². The van der Waals surface area contributed by atoms with Crippen LogP contribution in [0.1, 0.15) is 0 Å². The third-order valence-corrected chi connectivity index (χ3v) is 7.12. The van der Waals surface area contributed by atoms with Crippen LogP contribution in [0.25, 0.3) is 0 Å². The molecule has 0 fully saturated rings. The van der Waals surface area contributed by atoms with Gasteiger partial charge < -0.3 is 10.6 Å². The van der Waals surface area contributed by atoms with E-state index in [2.05, 4.69) is 19.2 Å². The molecule has 166 valence electrons. The summed E-state index contributed by atoms with van der Waals surface area (Å²) in [6.45, 7) is 0. The molecule has 2 aromatic rings. The molecule has 0 bridgehead atoms. The molecule has 0 atom stereocenters. The van der Waals surface area contributed by atoms with Crippen molar-refractivity contribution in [3.8, 4) is 0 Å². The Bertz CT molecular complexity index is 1240. The first-order valence-electron chi connectivity index (χ1n) is 10.8. The highest BCUT2D eigenvalue weighted by Gasteiger charge is 2.29. The standard InChI is InChI=1S/C26H20N6S2/c1-3-11-19(12-4-1)27-23(25-29-21-15-7-9-17-31(21)33-25)24(28-20-13-5-2-6-14-20)26-30-22-16-8-10-18-32(22)34-26/h1-18,27-28H/b25-23+,26-24+. The van der Waals surface area contributed by atoms with Crippen LogP contribution in [0, 0.1) is 0 Å². The first kappa shape index (κ1) is 20.7. The van der Waals surface area contributed by atoms with E-state index in [1.54, 1.807) is 23.9 Å². The monoisotopic (exact) mass is 480 g/mol. The van der Waals surface area contributed by atoms with Gasteiger partial charge in [0, 0.05) is 47.7 Å². The zero-order valence-corrected chi connectivity index (χ0v) is 19.6. The number of amidine groups is 2. The number of hydrogen-bond acceptors (Lipinski definition) is 8. The number of allylic oxidation sites excluding steroid dienone is 4. The van der Waals surface area contributed by atoms with Gasteiger partial charge in [-0.3, -0.25) is 8.61 Å². The summed E-state index contributed by atoms with van der Waals surface area (Å²) in [6, 6.07) is 20.3. The third kappa shape index (κ3) is 4.21. The quantitative estimate of drug-likeness (QED) is 0.480. The van der Waals surface area contributed by atoms with Crippen molar-refractivity contribution in [3.63, 3.8) is 0 Å². The van der Waals surface area contributed by atoms with E-state index in [0.717, 1.165) is 44.5 Å². The fourth-order valence-corrected chi connectivity index (χ4v) is 5.36. The second-order valence-corrected chi connectivity index (χ2v) is 9.44. The highest BCUT2D eigenvalue weighted by atomic mass is 32.2. The van der Waals surface area contributed by atoms with Crippen LogP contribution in [0.3, 0.4) is 0 Å². The number of aliphatic imine (C=N–C) groups is 2. The maximum atomic E-state index is 4.94. The topological polar surface area (TPSA) is 55.3 Å². The molecule has 0 spiro atoms. The number of anilines is 2. The number of nitrogens with one attached hydrogen (secondary N) is 2. The van der Waals surface area contributed by atoms with Crippen molar-refractivity contribution in [2.24, 2.45) is 9.98 Å². The second kappa shape index (κ2) is 9.17. The van der Waals surface area contributed by atoms with Crippen LogP contribution in [0.15, 0.2) is 141 Å². The molecule has 6 rings (SSSR count). The SMILES string of the molecule is C1=CC2=N/C(=C(Nc3ccccc3)/C(Nc3ccccc3)=C3/N=C4C=CC=CN4S3)SN2C=C1. The van der Waals surface area contributed by atoms with Gasteiger partial charge in [0.15, 0.2) is 0 Å². The van der Waals surface area contributed by atoms with Gasteiger partial charge in [0.1, 0.15) is 21.7 Å². The Morgan fingerprint density at radius 2 is 1.03 bits per heavy atom. The molecule has 0 aromatic heterocycles. The molecule has 8 heteroatoms. The summed E-state index contributed by atoms with van der Waals surface area (Å²) < 4.78 is 4.13. The number of hydrogen-bond donors (Lipinski definition) is 2. The Morgan fingerprint density at radius 1 is 0.588 bits per heavy atom. The Balaban J connectivity index is 1.51.